The highest BCUT2D eigenvalue weighted by atomic mass is 16.6. The molecule has 0 bridgehead atoms. The first kappa shape index (κ1) is 19.4. The Hall–Kier alpha value is -3.41. The van der Waals surface area contributed by atoms with Gasteiger partial charge in [-0.3, -0.25) is 14.4 Å². The van der Waals surface area contributed by atoms with Crippen LogP contribution in [-0.2, 0) is 19.1 Å². The van der Waals surface area contributed by atoms with Crippen LogP contribution >= 0.6 is 0 Å². The topological polar surface area (TPSA) is 130 Å². The molecule has 146 valence electrons. The number of hydrogen-bond acceptors (Lipinski definition) is 8. The van der Waals surface area contributed by atoms with E-state index in [0.717, 1.165) is 0 Å². The summed E-state index contributed by atoms with van der Waals surface area (Å²) in [5.74, 6) is -2.38. The molecule has 2 aliphatic rings. The predicted octanol–water partition coefficient (Wildman–Crippen LogP) is 1.10. The van der Waals surface area contributed by atoms with Crippen LogP contribution in [0.5, 0.6) is 11.5 Å². The number of nitrogens with one attached hydrogen (secondary N) is 1. The first-order chi connectivity index (χ1) is 13.4. The van der Waals surface area contributed by atoms with Gasteiger partial charge in [-0.2, -0.15) is 5.26 Å². The molecule has 0 saturated carbocycles. The molecule has 1 amide bonds. The molecule has 1 unspecified atom stereocenters. The molecule has 1 aromatic carbocycles. The van der Waals surface area contributed by atoms with Crippen LogP contribution in [0.3, 0.4) is 0 Å². The van der Waals surface area contributed by atoms with Gasteiger partial charge in [0.2, 0.25) is 5.91 Å². The van der Waals surface area contributed by atoms with Crippen LogP contribution in [0.25, 0.3) is 0 Å². The molecule has 0 radical (unpaired) electrons. The zero-order valence-corrected chi connectivity index (χ0v) is 15.3. The molecule has 0 aromatic heterocycles. The maximum Gasteiger partial charge on any atom is 0.311 e. The SMILES string of the molecule is CC(=N)C(C#N)C(=O)COC(=O)[C@H]1CC(=O)N(c2ccc3c(c2)OCCO3)C1. The predicted molar refractivity (Wildman–Crippen MR) is 96.4 cm³/mol. The van der Waals surface area contributed by atoms with Gasteiger partial charge in [0.25, 0.3) is 0 Å². The smallest absolute Gasteiger partial charge is 0.311 e. The molecule has 0 spiro atoms. The molecule has 3 rings (SSSR count). The highest BCUT2D eigenvalue weighted by Crippen LogP contribution is 2.36. The molecule has 1 N–H and O–H groups in total. The van der Waals surface area contributed by atoms with Crippen molar-refractivity contribution in [2.24, 2.45) is 11.8 Å². The molecule has 1 aromatic rings. The van der Waals surface area contributed by atoms with E-state index in [0.29, 0.717) is 30.4 Å². The van der Waals surface area contributed by atoms with Crippen LogP contribution in [0.4, 0.5) is 5.69 Å². The van der Waals surface area contributed by atoms with Crippen LogP contribution in [0.2, 0.25) is 0 Å². The summed E-state index contributed by atoms with van der Waals surface area (Å²) in [7, 11) is 0. The summed E-state index contributed by atoms with van der Waals surface area (Å²) in [6.07, 6.45) is -0.0350. The van der Waals surface area contributed by atoms with E-state index in [9.17, 15) is 14.4 Å². The average Bonchev–Trinajstić information content (AvgIpc) is 3.07. The molecule has 2 aliphatic heterocycles. The van der Waals surface area contributed by atoms with E-state index in [4.69, 9.17) is 24.9 Å². The minimum absolute atomic E-state index is 0.0350. The van der Waals surface area contributed by atoms with E-state index >= 15 is 0 Å². The number of fused-ring (bicyclic) bond motifs is 1. The van der Waals surface area contributed by atoms with Gasteiger partial charge in [0, 0.05) is 30.4 Å². The van der Waals surface area contributed by atoms with Gasteiger partial charge in [0.05, 0.1) is 12.0 Å². The Balaban J connectivity index is 1.61. The first-order valence-electron chi connectivity index (χ1n) is 8.74. The van der Waals surface area contributed by atoms with Gasteiger partial charge in [-0.25, -0.2) is 0 Å². The molecular formula is C19H19N3O6. The summed E-state index contributed by atoms with van der Waals surface area (Å²) in [5, 5.41) is 16.3. The number of benzene rings is 1. The second-order valence-corrected chi connectivity index (χ2v) is 6.55. The van der Waals surface area contributed by atoms with Gasteiger partial charge in [-0.1, -0.05) is 0 Å². The maximum absolute atomic E-state index is 12.3. The number of anilines is 1. The molecule has 0 aliphatic carbocycles. The Morgan fingerprint density at radius 2 is 2.07 bits per heavy atom. The van der Waals surface area contributed by atoms with Crippen LogP contribution in [0.15, 0.2) is 18.2 Å². The molecule has 2 heterocycles. The van der Waals surface area contributed by atoms with Crippen LogP contribution < -0.4 is 14.4 Å². The number of amides is 1. The number of ether oxygens (including phenoxy) is 3. The van der Waals surface area contributed by atoms with Crippen molar-refractivity contribution in [1.29, 1.82) is 10.7 Å². The minimum Gasteiger partial charge on any atom is -0.486 e. The van der Waals surface area contributed by atoms with Gasteiger partial charge in [-0.05, 0) is 19.1 Å². The van der Waals surface area contributed by atoms with E-state index in [-0.39, 0.29) is 24.6 Å². The quantitative estimate of drug-likeness (QED) is 0.573. The first-order valence-corrected chi connectivity index (χ1v) is 8.74. The number of nitriles is 1. The van der Waals surface area contributed by atoms with E-state index in [1.165, 1.54) is 11.8 Å². The van der Waals surface area contributed by atoms with Gasteiger partial charge < -0.3 is 24.5 Å². The molecule has 9 heteroatoms. The fraction of sp³-hybridized carbons (Fsp3) is 0.421. The lowest BCUT2D eigenvalue weighted by molar-refractivity contribution is -0.152. The fourth-order valence-electron chi connectivity index (χ4n) is 3.07. The number of nitrogens with zero attached hydrogens (tertiary/aromatic N) is 2. The Morgan fingerprint density at radius 1 is 1.36 bits per heavy atom. The minimum atomic E-state index is -1.23. The van der Waals surface area contributed by atoms with Gasteiger partial charge in [0.1, 0.15) is 19.1 Å². The Labute approximate surface area is 161 Å². The normalized spacial score (nSPS) is 18.9. The number of carbonyl (C=O) groups is 3. The lowest BCUT2D eigenvalue weighted by Crippen LogP contribution is -2.29. The Morgan fingerprint density at radius 3 is 2.75 bits per heavy atom. The third kappa shape index (κ3) is 3.96. The molecule has 28 heavy (non-hydrogen) atoms. The van der Waals surface area contributed by atoms with Crippen LogP contribution in [0, 0.1) is 28.6 Å². The third-order valence-electron chi connectivity index (χ3n) is 4.54. The lowest BCUT2D eigenvalue weighted by atomic mass is 10.0. The zero-order valence-electron chi connectivity index (χ0n) is 15.3. The van der Waals surface area contributed by atoms with Crippen molar-refractivity contribution in [2.45, 2.75) is 13.3 Å². The van der Waals surface area contributed by atoms with E-state index in [2.05, 4.69) is 0 Å². The highest BCUT2D eigenvalue weighted by molar-refractivity contribution is 6.06. The number of hydrogen-bond donors (Lipinski definition) is 1. The standard InChI is InChI=1S/C19H19N3O6/c1-11(21)14(8-20)15(23)10-28-19(25)12-6-18(24)22(9-12)13-2-3-16-17(7-13)27-5-4-26-16/h2-3,7,12,14,21H,4-6,9-10H2,1H3/t12-,14?/m0/s1. The number of carbonyl (C=O) groups excluding carboxylic acids is 3. The van der Waals surface area contributed by atoms with Crippen molar-refractivity contribution in [1.82, 2.24) is 0 Å². The van der Waals surface area contributed by atoms with Crippen molar-refractivity contribution in [2.75, 3.05) is 31.3 Å². The number of ketones is 1. The zero-order chi connectivity index (χ0) is 20.3. The fourth-order valence-corrected chi connectivity index (χ4v) is 3.07. The summed E-state index contributed by atoms with van der Waals surface area (Å²) >= 11 is 0. The van der Waals surface area contributed by atoms with Gasteiger partial charge in [0.15, 0.2) is 23.9 Å². The molecule has 9 nitrogen and oxygen atoms in total. The van der Waals surface area contributed by atoms with Crippen molar-refractivity contribution >= 4 is 29.1 Å². The monoisotopic (exact) mass is 385 g/mol. The van der Waals surface area contributed by atoms with E-state index < -0.39 is 30.2 Å². The summed E-state index contributed by atoms with van der Waals surface area (Å²) < 4.78 is 16.0. The van der Waals surface area contributed by atoms with Crippen LogP contribution in [0.1, 0.15) is 13.3 Å². The third-order valence-corrected chi connectivity index (χ3v) is 4.54. The number of rotatable bonds is 6. The second kappa shape index (κ2) is 8.08. The number of Topliss-reactive ketones (excluding diaryl/α,β-unsaturated/α-hetero) is 1. The van der Waals surface area contributed by atoms with Crippen molar-refractivity contribution < 1.29 is 28.6 Å². The average molecular weight is 385 g/mol. The molecule has 2 atom stereocenters. The van der Waals surface area contributed by atoms with Crippen molar-refractivity contribution in [3.63, 3.8) is 0 Å². The van der Waals surface area contributed by atoms with Crippen LogP contribution in [-0.4, -0.2) is 49.7 Å². The van der Waals surface area contributed by atoms with E-state index in [1.54, 1.807) is 24.3 Å². The van der Waals surface area contributed by atoms with Gasteiger partial charge in [-0.15, -0.1) is 0 Å². The summed E-state index contributed by atoms with van der Waals surface area (Å²) in [5.41, 5.74) is 0.481. The van der Waals surface area contributed by atoms with Crippen molar-refractivity contribution in [3.05, 3.63) is 18.2 Å². The van der Waals surface area contributed by atoms with Gasteiger partial charge >= 0.3 is 5.97 Å². The highest BCUT2D eigenvalue weighted by Gasteiger charge is 2.37. The summed E-state index contributed by atoms with van der Waals surface area (Å²) in [6, 6.07) is 6.82. The summed E-state index contributed by atoms with van der Waals surface area (Å²) in [6.45, 7) is 1.76. The maximum atomic E-state index is 12.3. The molecule has 1 saturated heterocycles. The summed E-state index contributed by atoms with van der Waals surface area (Å²) in [4.78, 5) is 37.9. The second-order valence-electron chi connectivity index (χ2n) is 6.55. The molecule has 1 fully saturated rings. The largest absolute Gasteiger partial charge is 0.486 e. The molecular weight excluding hydrogens is 366 g/mol. The lowest BCUT2D eigenvalue weighted by Gasteiger charge is -2.22. The van der Waals surface area contributed by atoms with Crippen molar-refractivity contribution in [3.8, 4) is 17.6 Å². The van der Waals surface area contributed by atoms with E-state index in [1.807, 2.05) is 0 Å². The Kier molecular flexibility index (Phi) is 5.59. The Bertz CT molecular complexity index is 875. The number of esters is 1.